The number of aromatic nitrogens is 2. The van der Waals surface area contributed by atoms with E-state index >= 15 is 0 Å². The molecule has 0 atom stereocenters. The van der Waals surface area contributed by atoms with Crippen molar-refractivity contribution in [3.8, 4) is 17.4 Å². The highest BCUT2D eigenvalue weighted by Gasteiger charge is 2.07. The number of thiazole rings is 1. The number of ether oxygens (including phenoxy) is 2. The molecule has 0 radical (unpaired) electrons. The van der Waals surface area contributed by atoms with Crippen LogP contribution in [-0.2, 0) is 13.1 Å². The molecule has 7 nitrogen and oxygen atoms in total. The average molecular weight is 553 g/mol. The summed E-state index contributed by atoms with van der Waals surface area (Å²) in [5.41, 5.74) is 2.15. The highest BCUT2D eigenvalue weighted by Crippen LogP contribution is 2.23. The molecule has 0 saturated carbocycles. The molecule has 3 aromatic rings. The van der Waals surface area contributed by atoms with Crippen LogP contribution in [0.2, 0.25) is 0 Å². The van der Waals surface area contributed by atoms with Crippen LogP contribution >= 0.6 is 35.3 Å². The Morgan fingerprint density at radius 2 is 1.90 bits per heavy atom. The summed E-state index contributed by atoms with van der Waals surface area (Å²) in [5, 5.41) is 9.73. The molecule has 9 heteroatoms. The molecule has 0 unspecified atom stereocenters. The first-order valence-corrected chi connectivity index (χ1v) is 10.6. The van der Waals surface area contributed by atoms with Gasteiger partial charge in [0.15, 0.2) is 5.96 Å². The number of nitrogens with zero attached hydrogens (tertiary/aromatic N) is 3. The zero-order chi connectivity index (χ0) is 21.3. The van der Waals surface area contributed by atoms with Crippen LogP contribution < -0.4 is 20.1 Å². The fourth-order valence-corrected chi connectivity index (χ4v) is 3.49. The molecule has 1 aromatic carbocycles. The van der Waals surface area contributed by atoms with E-state index in [1.54, 1.807) is 31.7 Å². The smallest absolute Gasteiger partial charge is 0.219 e. The molecular weight excluding hydrogens is 525 g/mol. The second kappa shape index (κ2) is 12.5. The maximum atomic E-state index is 5.78. The highest BCUT2D eigenvalue weighted by molar-refractivity contribution is 14.0. The largest absolute Gasteiger partial charge is 0.497 e. The van der Waals surface area contributed by atoms with Gasteiger partial charge in [0, 0.05) is 37.3 Å². The summed E-state index contributed by atoms with van der Waals surface area (Å²) < 4.78 is 11.0. The maximum Gasteiger partial charge on any atom is 0.219 e. The van der Waals surface area contributed by atoms with Crippen LogP contribution in [0.15, 0.2) is 53.0 Å². The number of hydrogen-bond acceptors (Lipinski definition) is 6. The summed E-state index contributed by atoms with van der Waals surface area (Å²) in [7, 11) is 3.38. The lowest BCUT2D eigenvalue weighted by molar-refractivity contribution is 0.407. The van der Waals surface area contributed by atoms with Crippen molar-refractivity contribution in [2.45, 2.75) is 32.9 Å². The molecule has 2 aromatic heterocycles. The van der Waals surface area contributed by atoms with E-state index in [2.05, 4.69) is 44.8 Å². The Balaban J connectivity index is 0.00000341. The molecule has 0 amide bonds. The molecule has 3 rings (SSSR count). The fraction of sp³-hybridized carbons (Fsp3) is 0.318. The van der Waals surface area contributed by atoms with E-state index in [-0.39, 0.29) is 24.0 Å². The molecule has 0 bridgehead atoms. The maximum absolute atomic E-state index is 5.78. The van der Waals surface area contributed by atoms with Gasteiger partial charge in [-0.15, -0.1) is 35.3 Å². The normalized spacial score (nSPS) is 11.1. The summed E-state index contributed by atoms with van der Waals surface area (Å²) in [5.74, 6) is 3.11. The van der Waals surface area contributed by atoms with Gasteiger partial charge < -0.3 is 20.1 Å². The van der Waals surface area contributed by atoms with Crippen molar-refractivity contribution in [1.82, 2.24) is 20.6 Å². The van der Waals surface area contributed by atoms with E-state index in [0.29, 0.717) is 36.6 Å². The van der Waals surface area contributed by atoms with Crippen molar-refractivity contribution in [2.24, 2.45) is 4.99 Å². The van der Waals surface area contributed by atoms with Gasteiger partial charge in [-0.05, 0) is 23.6 Å². The van der Waals surface area contributed by atoms with Crippen molar-refractivity contribution in [3.63, 3.8) is 0 Å². The molecule has 166 valence electrons. The first-order valence-electron chi connectivity index (χ1n) is 9.73. The van der Waals surface area contributed by atoms with Gasteiger partial charge in [0.25, 0.3) is 0 Å². The molecule has 0 aliphatic heterocycles. The zero-order valence-corrected chi connectivity index (χ0v) is 21.2. The van der Waals surface area contributed by atoms with E-state index < -0.39 is 0 Å². The number of benzene rings is 1. The number of guanidine groups is 1. The molecule has 31 heavy (non-hydrogen) atoms. The standard InChI is InChI=1S/C22H27N5O2S.HI/c1-15(2)19-14-30-21(27-19)13-26-22(23-3)25-12-16-8-9-20(24-11-16)29-18-7-5-6-17(10-18)28-4;/h5-11,14-15H,12-13H2,1-4H3,(H2,23,25,26);1H. The lowest BCUT2D eigenvalue weighted by Crippen LogP contribution is -2.36. The van der Waals surface area contributed by atoms with Crippen LogP contribution in [0, 0.1) is 0 Å². The highest BCUT2D eigenvalue weighted by atomic mass is 127. The molecule has 0 aliphatic rings. The molecule has 0 fully saturated rings. The van der Waals surface area contributed by atoms with E-state index in [9.17, 15) is 0 Å². The third-order valence-electron chi connectivity index (χ3n) is 4.31. The minimum atomic E-state index is 0. The van der Waals surface area contributed by atoms with Crippen LogP contribution in [0.5, 0.6) is 17.4 Å². The molecule has 2 heterocycles. The van der Waals surface area contributed by atoms with Gasteiger partial charge >= 0.3 is 0 Å². The SMILES string of the molecule is CN=C(NCc1ccc(Oc2cccc(OC)c2)nc1)NCc1nc(C(C)C)cs1.I. The molecule has 2 N–H and O–H groups in total. The van der Waals surface area contributed by atoms with Crippen LogP contribution in [0.25, 0.3) is 0 Å². The number of aliphatic imine (C=N–C) groups is 1. The number of methoxy groups -OCH3 is 1. The first kappa shape index (κ1) is 24.9. The molecule has 0 spiro atoms. The number of halogens is 1. The van der Waals surface area contributed by atoms with Crippen molar-refractivity contribution in [2.75, 3.05) is 14.2 Å². The number of nitrogens with one attached hydrogen (secondary N) is 2. The minimum Gasteiger partial charge on any atom is -0.497 e. The summed E-state index contributed by atoms with van der Waals surface area (Å²) in [6, 6.07) is 11.2. The second-order valence-corrected chi connectivity index (χ2v) is 7.83. The van der Waals surface area contributed by atoms with Crippen LogP contribution in [-0.4, -0.2) is 30.1 Å². The first-order chi connectivity index (χ1) is 14.6. The lowest BCUT2D eigenvalue weighted by Gasteiger charge is -2.11. The number of rotatable bonds is 8. The van der Waals surface area contributed by atoms with E-state index in [4.69, 9.17) is 9.47 Å². The Hall–Kier alpha value is -2.40. The summed E-state index contributed by atoms with van der Waals surface area (Å²) >= 11 is 1.66. The Morgan fingerprint density at radius 3 is 2.55 bits per heavy atom. The third-order valence-corrected chi connectivity index (χ3v) is 5.18. The van der Waals surface area contributed by atoms with Crippen molar-refractivity contribution < 1.29 is 9.47 Å². The lowest BCUT2D eigenvalue weighted by atomic mass is 10.2. The van der Waals surface area contributed by atoms with Crippen molar-refractivity contribution >= 4 is 41.3 Å². The monoisotopic (exact) mass is 553 g/mol. The molecule has 0 saturated heterocycles. The predicted molar refractivity (Wildman–Crippen MR) is 136 cm³/mol. The fourth-order valence-electron chi connectivity index (χ4n) is 2.60. The third kappa shape index (κ3) is 7.66. The predicted octanol–water partition coefficient (Wildman–Crippen LogP) is 4.95. The Bertz CT molecular complexity index is 976. The minimum absolute atomic E-state index is 0. The van der Waals surface area contributed by atoms with Gasteiger partial charge in [0.05, 0.1) is 19.3 Å². The summed E-state index contributed by atoms with van der Waals surface area (Å²) in [6.45, 7) is 5.53. The van der Waals surface area contributed by atoms with Crippen molar-refractivity contribution in [1.29, 1.82) is 0 Å². The van der Waals surface area contributed by atoms with Gasteiger partial charge in [0.2, 0.25) is 5.88 Å². The van der Waals surface area contributed by atoms with E-state index in [0.717, 1.165) is 22.0 Å². The van der Waals surface area contributed by atoms with Crippen LogP contribution in [0.3, 0.4) is 0 Å². The summed E-state index contributed by atoms with van der Waals surface area (Å²) in [4.78, 5) is 13.3. The van der Waals surface area contributed by atoms with Crippen molar-refractivity contribution in [3.05, 3.63) is 64.2 Å². The number of hydrogen-bond donors (Lipinski definition) is 2. The average Bonchev–Trinajstić information content (AvgIpc) is 3.24. The van der Waals surface area contributed by atoms with Crippen LogP contribution in [0.1, 0.15) is 36.0 Å². The summed E-state index contributed by atoms with van der Waals surface area (Å²) in [6.07, 6.45) is 1.78. The van der Waals surface area contributed by atoms with Gasteiger partial charge in [-0.3, -0.25) is 4.99 Å². The van der Waals surface area contributed by atoms with E-state index in [1.807, 2.05) is 36.4 Å². The second-order valence-electron chi connectivity index (χ2n) is 6.89. The number of pyridine rings is 1. The van der Waals surface area contributed by atoms with Gasteiger partial charge in [-0.2, -0.15) is 0 Å². The molecule has 0 aliphatic carbocycles. The van der Waals surface area contributed by atoms with E-state index in [1.165, 1.54) is 0 Å². The zero-order valence-electron chi connectivity index (χ0n) is 18.1. The van der Waals surface area contributed by atoms with Gasteiger partial charge in [-0.1, -0.05) is 26.0 Å². The Morgan fingerprint density at radius 1 is 1.13 bits per heavy atom. The van der Waals surface area contributed by atoms with Crippen LogP contribution in [0.4, 0.5) is 0 Å². The topological polar surface area (TPSA) is 80.7 Å². The molecular formula is C22H28IN5O2S. The Labute approximate surface area is 204 Å². The Kier molecular flexibility index (Phi) is 9.99. The van der Waals surface area contributed by atoms with Gasteiger partial charge in [0.1, 0.15) is 16.5 Å². The van der Waals surface area contributed by atoms with Gasteiger partial charge in [-0.25, -0.2) is 9.97 Å². The quantitative estimate of drug-likeness (QED) is 0.234.